The van der Waals surface area contributed by atoms with Crippen molar-refractivity contribution in [3.05, 3.63) is 16.4 Å². The summed E-state index contributed by atoms with van der Waals surface area (Å²) in [6, 6.07) is 0. The maximum Gasteiger partial charge on any atom is 0.0916 e. The smallest absolute Gasteiger partial charge is 0.0916 e. The van der Waals surface area contributed by atoms with Gasteiger partial charge in [0.05, 0.1) is 28.1 Å². The Morgan fingerprint density at radius 3 is 2.79 bits per heavy atom. The van der Waals surface area contributed by atoms with E-state index in [1.54, 1.807) is 4.68 Å². The van der Waals surface area contributed by atoms with Crippen molar-refractivity contribution in [3.63, 3.8) is 0 Å². The van der Waals surface area contributed by atoms with Crippen LogP contribution in [0.5, 0.6) is 0 Å². The van der Waals surface area contributed by atoms with E-state index in [1.165, 1.54) is 0 Å². The van der Waals surface area contributed by atoms with E-state index < -0.39 is 11.7 Å². The van der Waals surface area contributed by atoms with E-state index in [1.807, 2.05) is 20.9 Å². The van der Waals surface area contributed by atoms with Crippen molar-refractivity contribution in [3.8, 4) is 0 Å². The lowest BCUT2D eigenvalue weighted by atomic mass is 9.87. The number of hydrogen-bond donors (Lipinski definition) is 1. The van der Waals surface area contributed by atoms with Gasteiger partial charge in [-0.2, -0.15) is 5.10 Å². The summed E-state index contributed by atoms with van der Waals surface area (Å²) in [7, 11) is 1.87. The molecule has 0 aromatic carbocycles. The summed E-state index contributed by atoms with van der Waals surface area (Å²) in [5, 5.41) is 15.6. The quantitative estimate of drug-likeness (QED) is 0.925. The van der Waals surface area contributed by atoms with E-state index in [0.717, 1.165) is 43.7 Å². The molecule has 0 amide bonds. The second-order valence-corrected chi connectivity index (χ2v) is 5.90. The Morgan fingerprint density at radius 1 is 1.53 bits per heavy atom. The maximum atomic E-state index is 10.5. The molecule has 2 atom stereocenters. The Hall–Kier alpha value is -0.580. The summed E-state index contributed by atoms with van der Waals surface area (Å²) < 4.78 is 7.56. The summed E-state index contributed by atoms with van der Waals surface area (Å²) >= 11 is 6.32. The van der Waals surface area contributed by atoms with Crippen LogP contribution in [-0.4, -0.2) is 33.2 Å². The largest absolute Gasteiger partial charge is 0.390 e. The molecule has 1 aromatic heterocycles. The van der Waals surface area contributed by atoms with Gasteiger partial charge in [0.25, 0.3) is 0 Å². The number of rotatable bonds is 4. The first kappa shape index (κ1) is 14.8. The first-order chi connectivity index (χ1) is 8.98. The predicted molar refractivity (Wildman–Crippen MR) is 75.5 cm³/mol. The summed E-state index contributed by atoms with van der Waals surface area (Å²) in [4.78, 5) is 0. The number of nitrogens with zero attached hydrogens (tertiary/aromatic N) is 2. The van der Waals surface area contributed by atoms with Gasteiger partial charge in [-0.15, -0.1) is 0 Å². The van der Waals surface area contributed by atoms with Gasteiger partial charge in [0.1, 0.15) is 0 Å². The average Bonchev–Trinajstić information content (AvgIpc) is 2.67. The van der Waals surface area contributed by atoms with Crippen molar-refractivity contribution < 1.29 is 9.84 Å². The van der Waals surface area contributed by atoms with Crippen molar-refractivity contribution in [1.82, 2.24) is 9.78 Å². The predicted octanol–water partition coefficient (Wildman–Crippen LogP) is 2.50. The zero-order chi connectivity index (χ0) is 14.0. The van der Waals surface area contributed by atoms with E-state index in [2.05, 4.69) is 5.10 Å². The molecule has 0 radical (unpaired) electrons. The minimum Gasteiger partial charge on any atom is -0.390 e. The zero-order valence-corrected chi connectivity index (χ0v) is 12.7. The van der Waals surface area contributed by atoms with Crippen LogP contribution < -0.4 is 0 Å². The van der Waals surface area contributed by atoms with Crippen LogP contribution in [-0.2, 0) is 24.6 Å². The van der Waals surface area contributed by atoms with E-state index in [0.29, 0.717) is 11.4 Å². The molecule has 0 aliphatic carbocycles. The van der Waals surface area contributed by atoms with Crippen molar-refractivity contribution >= 4 is 11.6 Å². The minimum atomic E-state index is -0.551. The molecule has 0 bridgehead atoms. The molecule has 1 N–H and O–H groups in total. The Labute approximate surface area is 119 Å². The molecule has 5 heteroatoms. The van der Waals surface area contributed by atoms with Crippen LogP contribution in [0.2, 0.25) is 5.02 Å². The first-order valence-corrected chi connectivity index (χ1v) is 7.38. The fourth-order valence-electron chi connectivity index (χ4n) is 2.66. The number of aliphatic hydroxyl groups is 1. The third-order valence-corrected chi connectivity index (χ3v) is 4.53. The third kappa shape index (κ3) is 2.96. The standard InChI is InChI=1S/C14H23ClN2O2/c1-4-10-13(15)11(17(3)16-10)9-12(18)14(2)7-5-6-8-19-14/h12,18H,4-9H2,1-3H3. The number of aliphatic hydroxyl groups excluding tert-OH is 1. The lowest BCUT2D eigenvalue weighted by Gasteiger charge is -2.38. The summed E-state index contributed by atoms with van der Waals surface area (Å²) in [6.45, 7) is 4.74. The fraction of sp³-hybridized carbons (Fsp3) is 0.786. The molecule has 108 valence electrons. The molecule has 1 saturated heterocycles. The van der Waals surface area contributed by atoms with Gasteiger partial charge in [0.2, 0.25) is 0 Å². The molecule has 0 spiro atoms. The van der Waals surface area contributed by atoms with Crippen LogP contribution in [0.15, 0.2) is 0 Å². The van der Waals surface area contributed by atoms with Crippen LogP contribution >= 0.6 is 11.6 Å². The molecule has 2 heterocycles. The van der Waals surface area contributed by atoms with Crippen molar-refractivity contribution in [1.29, 1.82) is 0 Å². The van der Waals surface area contributed by atoms with Gasteiger partial charge in [-0.1, -0.05) is 18.5 Å². The van der Waals surface area contributed by atoms with Crippen LogP contribution in [0.3, 0.4) is 0 Å². The molecule has 1 aromatic rings. The highest BCUT2D eigenvalue weighted by atomic mass is 35.5. The van der Waals surface area contributed by atoms with E-state index in [9.17, 15) is 5.11 Å². The number of ether oxygens (including phenoxy) is 1. The molecule has 4 nitrogen and oxygen atoms in total. The summed E-state index contributed by atoms with van der Waals surface area (Å²) in [5.41, 5.74) is 1.32. The Bertz CT molecular complexity index is 439. The lowest BCUT2D eigenvalue weighted by molar-refractivity contribution is -0.135. The highest BCUT2D eigenvalue weighted by molar-refractivity contribution is 6.31. The van der Waals surface area contributed by atoms with E-state index >= 15 is 0 Å². The monoisotopic (exact) mass is 286 g/mol. The highest BCUT2D eigenvalue weighted by Gasteiger charge is 2.36. The summed E-state index contributed by atoms with van der Waals surface area (Å²) in [5.74, 6) is 0. The van der Waals surface area contributed by atoms with Gasteiger partial charge in [0.15, 0.2) is 0 Å². The molecule has 1 aliphatic heterocycles. The molecular weight excluding hydrogens is 264 g/mol. The molecule has 19 heavy (non-hydrogen) atoms. The Morgan fingerprint density at radius 2 is 2.26 bits per heavy atom. The van der Waals surface area contributed by atoms with Crippen molar-refractivity contribution in [2.45, 2.75) is 57.7 Å². The topological polar surface area (TPSA) is 47.3 Å². The zero-order valence-electron chi connectivity index (χ0n) is 11.9. The maximum absolute atomic E-state index is 10.5. The van der Waals surface area contributed by atoms with Gasteiger partial charge in [-0.25, -0.2) is 0 Å². The Balaban J connectivity index is 2.14. The average molecular weight is 287 g/mol. The summed E-state index contributed by atoms with van der Waals surface area (Å²) in [6.07, 6.45) is 3.81. The van der Waals surface area contributed by atoms with Crippen LogP contribution in [0.1, 0.15) is 44.5 Å². The molecule has 0 saturated carbocycles. The molecule has 2 unspecified atom stereocenters. The number of hydrogen-bond acceptors (Lipinski definition) is 3. The molecule has 1 aliphatic rings. The molecule has 2 rings (SSSR count). The second kappa shape index (κ2) is 5.81. The SMILES string of the molecule is CCc1nn(C)c(CC(O)C2(C)CCCCO2)c1Cl. The number of aryl methyl sites for hydroxylation is 2. The fourth-order valence-corrected chi connectivity index (χ4v) is 3.03. The van der Waals surface area contributed by atoms with E-state index in [-0.39, 0.29) is 0 Å². The second-order valence-electron chi connectivity index (χ2n) is 5.52. The van der Waals surface area contributed by atoms with Gasteiger partial charge < -0.3 is 9.84 Å². The first-order valence-electron chi connectivity index (χ1n) is 7.00. The third-order valence-electron chi connectivity index (χ3n) is 4.09. The van der Waals surface area contributed by atoms with Crippen molar-refractivity contribution in [2.75, 3.05) is 6.61 Å². The van der Waals surface area contributed by atoms with Crippen molar-refractivity contribution in [2.24, 2.45) is 7.05 Å². The van der Waals surface area contributed by atoms with Crippen LogP contribution in [0, 0.1) is 0 Å². The molecule has 1 fully saturated rings. The normalized spacial score (nSPS) is 25.5. The number of halogens is 1. The molecular formula is C14H23ClN2O2. The Kier molecular flexibility index (Phi) is 4.54. The lowest BCUT2D eigenvalue weighted by Crippen LogP contribution is -2.45. The van der Waals surface area contributed by atoms with Gasteiger partial charge >= 0.3 is 0 Å². The van der Waals surface area contributed by atoms with Crippen LogP contribution in [0.4, 0.5) is 0 Å². The van der Waals surface area contributed by atoms with E-state index in [4.69, 9.17) is 16.3 Å². The van der Waals surface area contributed by atoms with Crippen LogP contribution in [0.25, 0.3) is 0 Å². The van der Waals surface area contributed by atoms with Gasteiger partial charge in [0, 0.05) is 20.1 Å². The number of aromatic nitrogens is 2. The van der Waals surface area contributed by atoms with Gasteiger partial charge in [-0.3, -0.25) is 4.68 Å². The minimum absolute atomic E-state index is 0.460. The van der Waals surface area contributed by atoms with Gasteiger partial charge in [-0.05, 0) is 32.6 Å². The highest BCUT2D eigenvalue weighted by Crippen LogP contribution is 2.31.